The van der Waals surface area contributed by atoms with Gasteiger partial charge in [-0.05, 0) is 30.5 Å². The predicted molar refractivity (Wildman–Crippen MR) is 118 cm³/mol. The van der Waals surface area contributed by atoms with Crippen LogP contribution in [0, 0.1) is 6.92 Å². The van der Waals surface area contributed by atoms with E-state index in [1.807, 2.05) is 85.8 Å². The fourth-order valence-electron chi connectivity index (χ4n) is 3.68. The maximum atomic E-state index is 12.9. The summed E-state index contributed by atoms with van der Waals surface area (Å²) in [5, 5.41) is 8.82. The van der Waals surface area contributed by atoms with Crippen LogP contribution in [0.2, 0.25) is 0 Å². The number of hydrogen-bond donors (Lipinski definition) is 1. The summed E-state index contributed by atoms with van der Waals surface area (Å²) in [5.41, 5.74) is 2.61. The molecule has 1 aromatic heterocycles. The first-order valence-electron chi connectivity index (χ1n) is 9.96. The average molecular weight is 397 g/mol. The smallest absolute Gasteiger partial charge is 0.275 e. The van der Waals surface area contributed by atoms with Crippen molar-refractivity contribution < 1.29 is 4.79 Å². The van der Waals surface area contributed by atoms with E-state index in [1.165, 1.54) is 4.68 Å². The zero-order valence-corrected chi connectivity index (χ0v) is 16.8. The van der Waals surface area contributed by atoms with Crippen molar-refractivity contribution in [3.8, 4) is 0 Å². The molecule has 30 heavy (non-hydrogen) atoms. The molecule has 0 aliphatic carbocycles. The van der Waals surface area contributed by atoms with Gasteiger partial charge in [0.2, 0.25) is 5.91 Å². The molecule has 0 spiro atoms. The lowest BCUT2D eigenvalue weighted by molar-refractivity contribution is -0.122. The first-order chi connectivity index (χ1) is 14.6. The molecule has 1 unspecified atom stereocenters. The molecule has 1 heterocycles. The molecule has 1 atom stereocenters. The van der Waals surface area contributed by atoms with Gasteiger partial charge in [-0.2, -0.15) is 5.10 Å². The second kappa shape index (κ2) is 8.74. The molecule has 0 saturated heterocycles. The molecule has 3 aromatic carbocycles. The highest BCUT2D eigenvalue weighted by atomic mass is 16.2. The Kier molecular flexibility index (Phi) is 5.70. The van der Waals surface area contributed by atoms with Gasteiger partial charge < -0.3 is 5.32 Å². The molecule has 5 nitrogen and oxygen atoms in total. The SMILES string of the molecule is Cc1nn(CC(=O)NC(Cc2ccccc2)c2ccccc2)c(=O)c2ccccc12. The summed E-state index contributed by atoms with van der Waals surface area (Å²) in [5.74, 6) is -0.246. The third-order valence-corrected chi connectivity index (χ3v) is 5.17. The van der Waals surface area contributed by atoms with Crippen LogP contribution in [0.15, 0.2) is 89.7 Å². The Hall–Kier alpha value is -3.73. The topological polar surface area (TPSA) is 64.0 Å². The second-order valence-corrected chi connectivity index (χ2v) is 7.31. The van der Waals surface area contributed by atoms with E-state index in [0.29, 0.717) is 11.8 Å². The highest BCUT2D eigenvalue weighted by Gasteiger charge is 2.17. The van der Waals surface area contributed by atoms with Gasteiger partial charge in [0.15, 0.2) is 0 Å². The Bertz CT molecular complexity index is 1220. The van der Waals surface area contributed by atoms with Crippen LogP contribution >= 0.6 is 0 Å². The largest absolute Gasteiger partial charge is 0.347 e. The number of nitrogens with one attached hydrogen (secondary N) is 1. The quantitative estimate of drug-likeness (QED) is 0.538. The van der Waals surface area contributed by atoms with E-state index in [9.17, 15) is 9.59 Å². The number of amides is 1. The van der Waals surface area contributed by atoms with E-state index in [2.05, 4.69) is 10.4 Å². The fourth-order valence-corrected chi connectivity index (χ4v) is 3.68. The summed E-state index contributed by atoms with van der Waals surface area (Å²) in [7, 11) is 0. The van der Waals surface area contributed by atoms with Crippen LogP contribution in [0.3, 0.4) is 0 Å². The minimum absolute atomic E-state index is 0.122. The van der Waals surface area contributed by atoms with E-state index >= 15 is 0 Å². The average Bonchev–Trinajstić information content (AvgIpc) is 2.78. The van der Waals surface area contributed by atoms with Crippen LogP contribution in [-0.4, -0.2) is 15.7 Å². The maximum Gasteiger partial charge on any atom is 0.275 e. The molecule has 0 aliphatic heterocycles. The first-order valence-corrected chi connectivity index (χ1v) is 9.96. The summed E-state index contributed by atoms with van der Waals surface area (Å²) in [6.07, 6.45) is 0.662. The normalized spacial score (nSPS) is 11.9. The van der Waals surface area contributed by atoms with Gasteiger partial charge in [-0.25, -0.2) is 4.68 Å². The van der Waals surface area contributed by atoms with Crippen molar-refractivity contribution in [3.05, 3.63) is 112 Å². The summed E-state index contributed by atoms with van der Waals surface area (Å²) in [6, 6.07) is 27.0. The lowest BCUT2D eigenvalue weighted by atomic mass is 9.99. The van der Waals surface area contributed by atoms with Gasteiger partial charge in [0.25, 0.3) is 5.56 Å². The van der Waals surface area contributed by atoms with Crippen LogP contribution in [0.25, 0.3) is 10.8 Å². The second-order valence-electron chi connectivity index (χ2n) is 7.31. The van der Waals surface area contributed by atoms with Gasteiger partial charge in [0, 0.05) is 5.39 Å². The van der Waals surface area contributed by atoms with Crippen LogP contribution in [-0.2, 0) is 17.8 Å². The minimum Gasteiger partial charge on any atom is -0.347 e. The Labute approximate surface area is 175 Å². The number of carbonyl (C=O) groups is 1. The third kappa shape index (κ3) is 4.30. The molecule has 0 radical (unpaired) electrons. The van der Waals surface area contributed by atoms with Crippen molar-refractivity contribution in [2.45, 2.75) is 25.9 Å². The monoisotopic (exact) mass is 397 g/mol. The van der Waals surface area contributed by atoms with Crippen LogP contribution < -0.4 is 10.9 Å². The van der Waals surface area contributed by atoms with Crippen molar-refractivity contribution in [3.63, 3.8) is 0 Å². The number of nitrogens with zero attached hydrogens (tertiary/aromatic N) is 2. The Balaban J connectivity index is 1.58. The molecular weight excluding hydrogens is 374 g/mol. The zero-order valence-electron chi connectivity index (χ0n) is 16.8. The first kappa shape index (κ1) is 19.6. The molecule has 1 N–H and O–H groups in total. The summed E-state index contributed by atoms with van der Waals surface area (Å²) in [6.45, 7) is 1.72. The summed E-state index contributed by atoms with van der Waals surface area (Å²) < 4.78 is 1.25. The number of rotatable bonds is 6. The van der Waals surface area contributed by atoms with E-state index in [4.69, 9.17) is 0 Å². The van der Waals surface area contributed by atoms with Gasteiger partial charge in [-0.1, -0.05) is 78.9 Å². The molecule has 150 valence electrons. The Morgan fingerprint density at radius 1 is 0.900 bits per heavy atom. The standard InChI is InChI=1S/C25H23N3O2/c1-18-21-14-8-9-15-22(21)25(30)28(27-18)17-24(29)26-23(20-12-6-3-7-13-20)16-19-10-4-2-5-11-19/h2-15,23H,16-17H2,1H3,(H,26,29). The molecule has 0 saturated carbocycles. The van der Waals surface area contributed by atoms with Crippen molar-refractivity contribution in [2.24, 2.45) is 0 Å². The predicted octanol–water partition coefficient (Wildman–Crippen LogP) is 3.81. The summed E-state index contributed by atoms with van der Waals surface area (Å²) >= 11 is 0. The summed E-state index contributed by atoms with van der Waals surface area (Å²) in [4.78, 5) is 25.7. The number of hydrogen-bond acceptors (Lipinski definition) is 3. The van der Waals surface area contributed by atoms with Crippen molar-refractivity contribution in [2.75, 3.05) is 0 Å². The molecule has 4 aromatic rings. The highest BCUT2D eigenvalue weighted by molar-refractivity contribution is 5.83. The molecule has 0 bridgehead atoms. The molecule has 1 amide bonds. The molecule has 4 rings (SSSR count). The van der Waals surface area contributed by atoms with Gasteiger partial charge in [-0.3, -0.25) is 9.59 Å². The maximum absolute atomic E-state index is 12.9. The van der Waals surface area contributed by atoms with Crippen LogP contribution in [0.4, 0.5) is 0 Å². The molecule has 0 fully saturated rings. The van der Waals surface area contributed by atoms with Crippen molar-refractivity contribution >= 4 is 16.7 Å². The molecular formula is C25H23N3O2. The van der Waals surface area contributed by atoms with Crippen LogP contribution in [0.5, 0.6) is 0 Å². The number of aryl methyl sites for hydroxylation is 1. The third-order valence-electron chi connectivity index (χ3n) is 5.17. The van der Waals surface area contributed by atoms with E-state index < -0.39 is 0 Å². The number of aromatic nitrogens is 2. The van der Waals surface area contributed by atoms with Crippen molar-refractivity contribution in [1.82, 2.24) is 15.1 Å². The van der Waals surface area contributed by atoms with Gasteiger partial charge in [0.05, 0.1) is 17.1 Å². The van der Waals surface area contributed by atoms with Crippen LogP contribution in [0.1, 0.15) is 22.9 Å². The molecule has 0 aliphatic rings. The van der Waals surface area contributed by atoms with Gasteiger partial charge in [0.1, 0.15) is 6.54 Å². The number of carbonyl (C=O) groups excluding carboxylic acids is 1. The number of benzene rings is 3. The lowest BCUT2D eigenvalue weighted by Crippen LogP contribution is -2.36. The molecule has 5 heteroatoms. The van der Waals surface area contributed by atoms with E-state index in [0.717, 1.165) is 22.2 Å². The van der Waals surface area contributed by atoms with Gasteiger partial charge >= 0.3 is 0 Å². The fraction of sp³-hybridized carbons (Fsp3) is 0.160. The number of fused-ring (bicyclic) bond motifs is 1. The van der Waals surface area contributed by atoms with Gasteiger partial charge in [-0.15, -0.1) is 0 Å². The van der Waals surface area contributed by atoms with E-state index in [-0.39, 0.29) is 24.1 Å². The Morgan fingerprint density at radius 2 is 1.50 bits per heavy atom. The zero-order chi connectivity index (χ0) is 20.9. The Morgan fingerprint density at radius 3 is 2.20 bits per heavy atom. The lowest BCUT2D eigenvalue weighted by Gasteiger charge is -2.20. The van der Waals surface area contributed by atoms with E-state index in [1.54, 1.807) is 6.07 Å². The van der Waals surface area contributed by atoms with Crippen molar-refractivity contribution in [1.29, 1.82) is 0 Å². The highest BCUT2D eigenvalue weighted by Crippen LogP contribution is 2.18. The minimum atomic E-state index is -0.259.